The summed E-state index contributed by atoms with van der Waals surface area (Å²) in [4.78, 5) is 13.3. The summed E-state index contributed by atoms with van der Waals surface area (Å²) in [5, 5.41) is 9.80. The highest BCUT2D eigenvalue weighted by atomic mass is 35.5. The second-order valence-corrected chi connectivity index (χ2v) is 5.80. The first-order chi connectivity index (χ1) is 10.1. The van der Waals surface area contributed by atoms with Crippen molar-refractivity contribution in [1.82, 2.24) is 0 Å². The van der Waals surface area contributed by atoms with Gasteiger partial charge in [0.05, 0.1) is 6.42 Å². The fourth-order valence-corrected chi connectivity index (χ4v) is 3.19. The van der Waals surface area contributed by atoms with E-state index < -0.39 is 5.97 Å². The van der Waals surface area contributed by atoms with E-state index in [0.29, 0.717) is 0 Å². The second kappa shape index (κ2) is 5.78. The highest BCUT2D eigenvalue weighted by Gasteiger charge is 2.29. The first kappa shape index (κ1) is 14.0. The normalized spacial score (nSPS) is 16.8. The number of anilines is 1. The maximum atomic E-state index is 11.0. The van der Waals surface area contributed by atoms with Crippen LogP contribution in [0.4, 0.5) is 5.69 Å². The number of carbonyl (C=O) groups is 1. The molecular formula is C17H16ClNO2. The van der Waals surface area contributed by atoms with Crippen molar-refractivity contribution in [2.24, 2.45) is 0 Å². The predicted octanol–water partition coefficient (Wildman–Crippen LogP) is 3.92. The number of para-hydroxylation sites is 1. The van der Waals surface area contributed by atoms with Crippen molar-refractivity contribution in [1.29, 1.82) is 0 Å². The van der Waals surface area contributed by atoms with Gasteiger partial charge in [-0.15, -0.1) is 0 Å². The molecule has 4 heteroatoms. The Morgan fingerprint density at radius 2 is 2.05 bits per heavy atom. The van der Waals surface area contributed by atoms with Crippen LogP contribution in [0.1, 0.15) is 23.5 Å². The van der Waals surface area contributed by atoms with E-state index in [-0.39, 0.29) is 12.3 Å². The number of rotatable bonds is 4. The monoisotopic (exact) mass is 301 g/mol. The molecule has 0 saturated heterocycles. The van der Waals surface area contributed by atoms with Crippen molar-refractivity contribution in [3.05, 3.63) is 64.7 Å². The maximum Gasteiger partial charge on any atom is 0.304 e. The fourth-order valence-electron chi connectivity index (χ4n) is 2.97. The number of benzene rings is 2. The van der Waals surface area contributed by atoms with Crippen LogP contribution in [0, 0.1) is 0 Å². The van der Waals surface area contributed by atoms with Crippen LogP contribution in [0.25, 0.3) is 0 Å². The zero-order chi connectivity index (χ0) is 14.8. The number of hydrogen-bond acceptors (Lipinski definition) is 2. The van der Waals surface area contributed by atoms with Crippen LogP contribution in [0.3, 0.4) is 0 Å². The molecule has 108 valence electrons. The third-order valence-corrected chi connectivity index (χ3v) is 4.08. The molecular weight excluding hydrogens is 286 g/mol. The van der Waals surface area contributed by atoms with Gasteiger partial charge in [0, 0.05) is 29.7 Å². The zero-order valence-electron chi connectivity index (χ0n) is 11.5. The molecule has 0 fully saturated rings. The highest BCUT2D eigenvalue weighted by molar-refractivity contribution is 6.30. The maximum absolute atomic E-state index is 11.0. The van der Waals surface area contributed by atoms with Crippen LogP contribution >= 0.6 is 11.6 Å². The fraction of sp³-hybridized carbons (Fsp3) is 0.235. The molecule has 0 bridgehead atoms. The van der Waals surface area contributed by atoms with Gasteiger partial charge in [0.2, 0.25) is 0 Å². The Balaban J connectivity index is 1.85. The molecule has 3 rings (SSSR count). The van der Waals surface area contributed by atoms with Gasteiger partial charge in [-0.2, -0.15) is 0 Å². The molecule has 21 heavy (non-hydrogen) atoms. The molecule has 0 radical (unpaired) electrons. The molecule has 0 spiro atoms. The van der Waals surface area contributed by atoms with Gasteiger partial charge in [-0.3, -0.25) is 4.79 Å². The number of aliphatic carboxylic acids is 1. The molecule has 1 heterocycles. The highest BCUT2D eigenvalue weighted by Crippen LogP contribution is 2.38. The third-order valence-electron chi connectivity index (χ3n) is 3.84. The van der Waals surface area contributed by atoms with Crippen molar-refractivity contribution in [3.63, 3.8) is 0 Å². The van der Waals surface area contributed by atoms with Crippen molar-refractivity contribution in [2.45, 2.75) is 18.9 Å². The van der Waals surface area contributed by atoms with E-state index in [9.17, 15) is 4.79 Å². The van der Waals surface area contributed by atoms with Crippen LogP contribution < -0.4 is 4.90 Å². The largest absolute Gasteiger partial charge is 0.481 e. The minimum atomic E-state index is -0.751. The van der Waals surface area contributed by atoms with Crippen LogP contribution in [0.15, 0.2) is 48.5 Å². The lowest BCUT2D eigenvalue weighted by atomic mass is 9.98. The summed E-state index contributed by atoms with van der Waals surface area (Å²) in [5.74, 6) is -0.697. The molecule has 3 nitrogen and oxygen atoms in total. The summed E-state index contributed by atoms with van der Waals surface area (Å²) >= 11 is 6.03. The zero-order valence-corrected chi connectivity index (χ0v) is 12.3. The van der Waals surface area contributed by atoms with E-state index >= 15 is 0 Å². The van der Waals surface area contributed by atoms with Crippen molar-refractivity contribution in [3.8, 4) is 0 Å². The number of hydrogen-bond donors (Lipinski definition) is 1. The van der Waals surface area contributed by atoms with E-state index in [4.69, 9.17) is 16.7 Å². The summed E-state index contributed by atoms with van der Waals surface area (Å²) in [7, 11) is 0. The Morgan fingerprint density at radius 3 is 2.81 bits per heavy atom. The number of nitrogens with zero attached hydrogens (tertiary/aromatic N) is 1. The van der Waals surface area contributed by atoms with Gasteiger partial charge < -0.3 is 10.0 Å². The standard InChI is InChI=1S/C17H16ClNO2/c18-14-5-3-4-12(8-14)10-19-11-13(9-17(20)21)15-6-1-2-7-16(15)19/h1-8,13H,9-11H2,(H,20,21). The van der Waals surface area contributed by atoms with E-state index in [2.05, 4.69) is 11.0 Å². The first-order valence-corrected chi connectivity index (χ1v) is 7.31. The Kier molecular flexibility index (Phi) is 3.84. The molecule has 2 aromatic rings. The number of carboxylic acids is 1. The molecule has 1 aliphatic rings. The summed E-state index contributed by atoms with van der Waals surface area (Å²) in [5.41, 5.74) is 3.39. The number of fused-ring (bicyclic) bond motifs is 1. The Hall–Kier alpha value is -2.00. The average Bonchev–Trinajstić information content (AvgIpc) is 2.77. The minimum Gasteiger partial charge on any atom is -0.481 e. The Labute approximate surface area is 128 Å². The van der Waals surface area contributed by atoms with Crippen LogP contribution in [-0.2, 0) is 11.3 Å². The molecule has 1 N–H and O–H groups in total. The molecule has 2 aromatic carbocycles. The summed E-state index contributed by atoms with van der Waals surface area (Å²) in [6.45, 7) is 1.48. The van der Waals surface area contributed by atoms with Gasteiger partial charge in [-0.25, -0.2) is 0 Å². The lowest BCUT2D eigenvalue weighted by Gasteiger charge is -2.20. The molecule has 0 amide bonds. The SMILES string of the molecule is O=C(O)CC1CN(Cc2cccc(Cl)c2)c2ccccc21. The van der Waals surface area contributed by atoms with Gasteiger partial charge in [-0.05, 0) is 29.3 Å². The molecule has 0 aliphatic carbocycles. The Morgan fingerprint density at radius 1 is 1.24 bits per heavy atom. The number of halogens is 1. The third kappa shape index (κ3) is 3.03. The average molecular weight is 302 g/mol. The van der Waals surface area contributed by atoms with Crippen molar-refractivity contribution in [2.75, 3.05) is 11.4 Å². The van der Waals surface area contributed by atoms with Crippen molar-refractivity contribution < 1.29 is 9.90 Å². The topological polar surface area (TPSA) is 40.5 Å². The van der Waals surface area contributed by atoms with E-state index in [0.717, 1.165) is 34.9 Å². The van der Waals surface area contributed by atoms with E-state index in [1.807, 2.05) is 42.5 Å². The van der Waals surface area contributed by atoms with Gasteiger partial charge in [0.25, 0.3) is 0 Å². The number of carboxylic acid groups (broad SMARTS) is 1. The Bertz CT molecular complexity index is 671. The first-order valence-electron chi connectivity index (χ1n) is 6.93. The molecule has 1 atom stereocenters. The molecule has 1 unspecified atom stereocenters. The van der Waals surface area contributed by atoms with Gasteiger partial charge in [0.1, 0.15) is 0 Å². The lowest BCUT2D eigenvalue weighted by molar-refractivity contribution is -0.137. The molecule has 0 aromatic heterocycles. The van der Waals surface area contributed by atoms with Gasteiger partial charge in [-0.1, -0.05) is 41.9 Å². The van der Waals surface area contributed by atoms with Crippen LogP contribution in [0.5, 0.6) is 0 Å². The smallest absolute Gasteiger partial charge is 0.304 e. The van der Waals surface area contributed by atoms with Gasteiger partial charge >= 0.3 is 5.97 Å². The van der Waals surface area contributed by atoms with Crippen LogP contribution in [-0.4, -0.2) is 17.6 Å². The molecule has 0 saturated carbocycles. The predicted molar refractivity (Wildman–Crippen MR) is 83.9 cm³/mol. The molecule has 1 aliphatic heterocycles. The summed E-state index contributed by atoms with van der Waals surface area (Å²) in [6, 6.07) is 15.8. The minimum absolute atomic E-state index is 0.0536. The van der Waals surface area contributed by atoms with E-state index in [1.165, 1.54) is 0 Å². The van der Waals surface area contributed by atoms with Gasteiger partial charge in [0.15, 0.2) is 0 Å². The summed E-state index contributed by atoms with van der Waals surface area (Å²) in [6.07, 6.45) is 0.170. The van der Waals surface area contributed by atoms with Crippen LogP contribution in [0.2, 0.25) is 5.02 Å². The second-order valence-electron chi connectivity index (χ2n) is 5.36. The lowest BCUT2D eigenvalue weighted by Crippen LogP contribution is -2.22. The van der Waals surface area contributed by atoms with Crippen molar-refractivity contribution >= 4 is 23.3 Å². The van der Waals surface area contributed by atoms with E-state index in [1.54, 1.807) is 0 Å². The quantitative estimate of drug-likeness (QED) is 0.930. The summed E-state index contributed by atoms with van der Waals surface area (Å²) < 4.78 is 0.